The number of aromatic nitrogens is 3. The Kier molecular flexibility index (Phi) is 5.03. The second-order valence-corrected chi connectivity index (χ2v) is 11.6. The molecular formula is C22H22F6N4O2S. The minimum absolute atomic E-state index is 0.0557. The summed E-state index contributed by atoms with van der Waals surface area (Å²) in [5, 5.41) is 9.55. The van der Waals surface area contributed by atoms with E-state index >= 15 is 0 Å². The highest BCUT2D eigenvalue weighted by Crippen LogP contribution is 3.02. The van der Waals surface area contributed by atoms with Crippen LogP contribution in [-0.4, -0.2) is 50.1 Å². The largest absolute Gasteiger partial charge is 0.393 e. The minimum Gasteiger partial charge on any atom is -0.393 e. The van der Waals surface area contributed by atoms with E-state index in [2.05, 4.69) is 15.0 Å². The molecule has 0 spiro atoms. The fourth-order valence-corrected chi connectivity index (χ4v) is 5.42. The SMILES string of the molecule is O=C(c1ccc(S(F)(F)(F)(F)F)cc1)N1CCC(c2c(F)cnc3[nH]c([C@H]4C[C@@H](O)C4)nc23)CC1. The van der Waals surface area contributed by atoms with Crippen molar-refractivity contribution >= 4 is 27.3 Å². The summed E-state index contributed by atoms with van der Waals surface area (Å²) >= 11 is 0. The molecule has 0 bridgehead atoms. The van der Waals surface area contributed by atoms with Crippen LogP contribution in [0, 0.1) is 5.82 Å². The molecule has 190 valence electrons. The number of halogens is 6. The molecule has 0 atom stereocenters. The number of imidazole rings is 1. The number of piperidine rings is 1. The number of hydrogen-bond acceptors (Lipinski definition) is 4. The number of carbonyl (C=O) groups excluding carboxylic acids is 1. The molecule has 1 saturated carbocycles. The van der Waals surface area contributed by atoms with Crippen LogP contribution in [-0.2, 0) is 0 Å². The Balaban J connectivity index is 1.31. The number of aliphatic hydroxyl groups excluding tert-OH is 1. The normalized spacial score (nSPS) is 23.6. The van der Waals surface area contributed by atoms with Gasteiger partial charge in [-0.25, -0.2) is 14.4 Å². The van der Waals surface area contributed by atoms with Gasteiger partial charge in [0.2, 0.25) is 0 Å². The first kappa shape index (κ1) is 23.9. The zero-order valence-electron chi connectivity index (χ0n) is 18.2. The van der Waals surface area contributed by atoms with E-state index in [0.717, 1.165) is 18.3 Å². The fourth-order valence-electron chi connectivity index (χ4n) is 4.77. The van der Waals surface area contributed by atoms with Gasteiger partial charge in [0.15, 0.2) is 5.65 Å². The van der Waals surface area contributed by atoms with E-state index in [1.165, 1.54) is 4.90 Å². The molecule has 2 aromatic heterocycles. The molecule has 1 saturated heterocycles. The molecule has 6 nitrogen and oxygen atoms in total. The maximum Gasteiger partial charge on any atom is 0.310 e. The first-order valence-electron chi connectivity index (χ1n) is 11.0. The second-order valence-electron chi connectivity index (χ2n) is 9.22. The molecule has 1 aliphatic heterocycles. The van der Waals surface area contributed by atoms with Gasteiger partial charge in [0.25, 0.3) is 5.91 Å². The van der Waals surface area contributed by atoms with Gasteiger partial charge in [-0.1, -0.05) is 19.4 Å². The summed E-state index contributed by atoms with van der Waals surface area (Å²) in [6, 6.07) is 1.94. The highest BCUT2D eigenvalue weighted by Gasteiger charge is 2.65. The predicted molar refractivity (Wildman–Crippen MR) is 118 cm³/mol. The summed E-state index contributed by atoms with van der Waals surface area (Å²) in [4.78, 5) is 23.8. The smallest absolute Gasteiger partial charge is 0.310 e. The molecule has 3 aromatic rings. The number of fused-ring (bicyclic) bond motifs is 1. The average molecular weight is 520 g/mol. The molecule has 35 heavy (non-hydrogen) atoms. The maximum atomic E-state index is 14.8. The van der Waals surface area contributed by atoms with E-state index in [-0.39, 0.29) is 48.7 Å². The molecule has 3 heterocycles. The van der Waals surface area contributed by atoms with E-state index in [1.54, 1.807) is 0 Å². The van der Waals surface area contributed by atoms with Crippen molar-refractivity contribution in [3.63, 3.8) is 0 Å². The van der Waals surface area contributed by atoms with E-state index in [9.17, 15) is 33.7 Å². The van der Waals surface area contributed by atoms with Crippen LogP contribution in [0.15, 0.2) is 35.4 Å². The number of amides is 1. The molecule has 2 fully saturated rings. The van der Waals surface area contributed by atoms with Crippen LogP contribution >= 0.6 is 10.2 Å². The number of H-pyrrole nitrogens is 1. The number of hydrogen-bond donors (Lipinski definition) is 2. The Morgan fingerprint density at radius 3 is 2.23 bits per heavy atom. The van der Waals surface area contributed by atoms with E-state index < -0.39 is 26.8 Å². The second kappa shape index (κ2) is 7.36. The van der Waals surface area contributed by atoms with Crippen molar-refractivity contribution in [3.8, 4) is 0 Å². The Hall–Kier alpha value is -2.80. The van der Waals surface area contributed by atoms with Gasteiger partial charge in [-0.3, -0.25) is 4.79 Å². The molecule has 1 amide bonds. The Morgan fingerprint density at radius 1 is 1.03 bits per heavy atom. The zero-order chi connectivity index (χ0) is 25.2. The number of carbonyl (C=O) groups is 1. The van der Waals surface area contributed by atoms with Crippen LogP contribution in [0.4, 0.5) is 23.8 Å². The van der Waals surface area contributed by atoms with Gasteiger partial charge >= 0.3 is 10.2 Å². The van der Waals surface area contributed by atoms with Crippen molar-refractivity contribution in [2.75, 3.05) is 13.1 Å². The van der Waals surface area contributed by atoms with Crippen LogP contribution in [0.3, 0.4) is 0 Å². The first-order valence-corrected chi connectivity index (χ1v) is 13.0. The van der Waals surface area contributed by atoms with Crippen molar-refractivity contribution in [1.82, 2.24) is 19.9 Å². The van der Waals surface area contributed by atoms with Crippen molar-refractivity contribution in [3.05, 3.63) is 53.2 Å². The third-order valence-corrected chi connectivity index (χ3v) is 7.92. The van der Waals surface area contributed by atoms with Gasteiger partial charge in [0.1, 0.15) is 22.1 Å². The van der Waals surface area contributed by atoms with Crippen molar-refractivity contribution in [2.45, 2.75) is 48.5 Å². The molecule has 13 heteroatoms. The molecule has 0 radical (unpaired) electrons. The van der Waals surface area contributed by atoms with Crippen molar-refractivity contribution < 1.29 is 33.7 Å². The van der Waals surface area contributed by atoms with E-state index in [4.69, 9.17) is 0 Å². The fraction of sp³-hybridized carbons (Fsp3) is 0.409. The summed E-state index contributed by atoms with van der Waals surface area (Å²) in [5.74, 6) is -0.653. The lowest BCUT2D eigenvalue weighted by atomic mass is 9.82. The third-order valence-electron chi connectivity index (χ3n) is 6.76. The van der Waals surface area contributed by atoms with E-state index in [1.807, 2.05) is 0 Å². The molecule has 2 N–H and O–H groups in total. The Morgan fingerprint density at radius 2 is 1.66 bits per heavy atom. The number of nitrogens with zero attached hydrogens (tertiary/aromatic N) is 3. The number of pyridine rings is 1. The number of likely N-dealkylation sites (tertiary alicyclic amines) is 1. The average Bonchev–Trinajstić information content (AvgIpc) is 3.19. The monoisotopic (exact) mass is 520 g/mol. The number of rotatable bonds is 4. The Bertz CT molecular complexity index is 1300. The van der Waals surface area contributed by atoms with Crippen LogP contribution in [0.1, 0.15) is 59.3 Å². The summed E-state index contributed by atoms with van der Waals surface area (Å²) in [6.07, 6.45) is 2.66. The lowest BCUT2D eigenvalue weighted by Crippen LogP contribution is -2.38. The molecule has 0 unspecified atom stereocenters. The molecule has 1 aromatic carbocycles. The zero-order valence-corrected chi connectivity index (χ0v) is 19.1. The molecule has 2 aliphatic rings. The van der Waals surface area contributed by atoms with Crippen LogP contribution in [0.2, 0.25) is 0 Å². The number of nitrogens with one attached hydrogen (secondary N) is 1. The summed E-state index contributed by atoms with van der Waals surface area (Å²) in [6.45, 7) is 0.421. The van der Waals surface area contributed by atoms with Gasteiger partial charge in [0.05, 0.1) is 12.3 Å². The number of aliphatic hydroxyl groups is 1. The molecule has 1 aliphatic carbocycles. The standard InChI is InChI=1S/C22H22F6N4O2S/c23-17-11-29-21-19(30-20(31-21)14-9-15(33)10-14)18(17)12-5-7-32(8-6-12)22(34)13-1-3-16(4-2-13)35(24,25,26,27)28/h1-4,11-12,14-15,33H,5-10H2,(H,29,30,31)/t14-,15+. The summed E-state index contributed by atoms with van der Waals surface area (Å²) < 4.78 is 79.4. The van der Waals surface area contributed by atoms with Gasteiger partial charge in [-0.05, 0) is 55.9 Å². The first-order chi connectivity index (χ1) is 16.2. The highest BCUT2D eigenvalue weighted by atomic mass is 32.5. The van der Waals surface area contributed by atoms with E-state index in [0.29, 0.717) is 48.2 Å². The van der Waals surface area contributed by atoms with Gasteiger partial charge in [-0.2, -0.15) is 0 Å². The summed E-state index contributed by atoms with van der Waals surface area (Å²) in [7, 11) is -9.81. The summed E-state index contributed by atoms with van der Waals surface area (Å²) in [5.41, 5.74) is 1.12. The quantitative estimate of drug-likeness (QED) is 0.413. The van der Waals surface area contributed by atoms with Crippen molar-refractivity contribution in [1.29, 1.82) is 0 Å². The highest BCUT2D eigenvalue weighted by molar-refractivity contribution is 8.45. The molecule has 5 rings (SSSR count). The Labute approximate surface area is 196 Å². The maximum absolute atomic E-state index is 14.8. The minimum atomic E-state index is -9.81. The van der Waals surface area contributed by atoms with Crippen LogP contribution < -0.4 is 0 Å². The lowest BCUT2D eigenvalue weighted by Gasteiger charge is -2.40. The lowest BCUT2D eigenvalue weighted by molar-refractivity contribution is 0.0709. The third kappa shape index (κ3) is 4.58. The predicted octanol–water partition coefficient (Wildman–Crippen LogP) is 6.01. The van der Waals surface area contributed by atoms with Gasteiger partial charge in [0, 0.05) is 30.1 Å². The van der Waals surface area contributed by atoms with Crippen molar-refractivity contribution in [2.24, 2.45) is 0 Å². The number of benzene rings is 1. The number of aromatic amines is 1. The van der Waals surface area contributed by atoms with Gasteiger partial charge < -0.3 is 15.0 Å². The molecular weight excluding hydrogens is 498 g/mol. The van der Waals surface area contributed by atoms with Gasteiger partial charge in [-0.15, -0.1) is 0 Å². The van der Waals surface area contributed by atoms with Crippen LogP contribution in [0.25, 0.3) is 11.2 Å². The topological polar surface area (TPSA) is 82.1 Å². The van der Waals surface area contributed by atoms with Crippen LogP contribution in [0.5, 0.6) is 0 Å².